The molecule has 1 saturated heterocycles. The van der Waals surface area contributed by atoms with Crippen molar-refractivity contribution in [2.45, 2.75) is 31.7 Å². The molecule has 0 saturated carbocycles. The number of hydrogen-bond acceptors (Lipinski definition) is 5. The van der Waals surface area contributed by atoms with Gasteiger partial charge in [0.15, 0.2) is 5.58 Å². The number of nitrogens with zero attached hydrogens (tertiary/aromatic N) is 2. The molecule has 1 aromatic carbocycles. The van der Waals surface area contributed by atoms with Crippen molar-refractivity contribution >= 4 is 27.1 Å². The maximum atomic E-state index is 12.9. The number of sulfonamides is 1. The van der Waals surface area contributed by atoms with Gasteiger partial charge in [-0.25, -0.2) is 13.2 Å². The molecule has 2 atom stereocenters. The van der Waals surface area contributed by atoms with E-state index in [1.807, 2.05) is 13.8 Å². The molecule has 0 spiro atoms. The first kappa shape index (κ1) is 17.7. The number of carboxylic acid groups (broad SMARTS) is 1. The lowest BCUT2D eigenvalue weighted by molar-refractivity contribution is -0.137. The first-order chi connectivity index (χ1) is 11.7. The summed E-state index contributed by atoms with van der Waals surface area (Å²) < 4.78 is 33.2. The van der Waals surface area contributed by atoms with Gasteiger partial charge in [-0.3, -0.25) is 9.36 Å². The average Bonchev–Trinajstić information content (AvgIpc) is 2.81. The Hall–Kier alpha value is -2.13. The number of aliphatic carboxylic acids is 1. The van der Waals surface area contributed by atoms with Gasteiger partial charge in [-0.15, -0.1) is 0 Å². The van der Waals surface area contributed by atoms with Crippen LogP contribution >= 0.6 is 0 Å². The van der Waals surface area contributed by atoms with Gasteiger partial charge in [0.1, 0.15) is 6.54 Å². The van der Waals surface area contributed by atoms with Gasteiger partial charge in [0, 0.05) is 19.2 Å². The van der Waals surface area contributed by atoms with Crippen molar-refractivity contribution in [2.75, 3.05) is 13.1 Å². The third-order valence-electron chi connectivity index (χ3n) is 4.41. The number of aromatic nitrogens is 1. The molecule has 0 bridgehead atoms. The van der Waals surface area contributed by atoms with Crippen LogP contribution in [0.15, 0.2) is 32.3 Å². The minimum atomic E-state index is -3.70. The van der Waals surface area contributed by atoms with Crippen LogP contribution in [-0.4, -0.2) is 41.5 Å². The van der Waals surface area contributed by atoms with Gasteiger partial charge >= 0.3 is 11.7 Å². The van der Waals surface area contributed by atoms with E-state index in [1.165, 1.54) is 22.5 Å². The molecule has 1 aliphatic rings. The monoisotopic (exact) mass is 368 g/mol. The maximum absolute atomic E-state index is 12.9. The van der Waals surface area contributed by atoms with E-state index in [1.54, 1.807) is 0 Å². The van der Waals surface area contributed by atoms with Gasteiger partial charge in [0.05, 0.1) is 10.4 Å². The van der Waals surface area contributed by atoms with Gasteiger partial charge in [-0.2, -0.15) is 4.31 Å². The molecule has 2 heterocycles. The summed E-state index contributed by atoms with van der Waals surface area (Å²) in [5.74, 6) is -1.46. The average molecular weight is 368 g/mol. The van der Waals surface area contributed by atoms with Gasteiger partial charge < -0.3 is 9.52 Å². The molecular formula is C16H20N2O6S. The van der Waals surface area contributed by atoms with Crippen LogP contribution in [0.5, 0.6) is 0 Å². The Labute approximate surface area is 144 Å². The van der Waals surface area contributed by atoms with E-state index in [0.29, 0.717) is 13.1 Å². The van der Waals surface area contributed by atoms with Crippen LogP contribution in [0, 0.1) is 11.8 Å². The zero-order chi connectivity index (χ0) is 18.4. The highest BCUT2D eigenvalue weighted by Gasteiger charge is 2.32. The summed E-state index contributed by atoms with van der Waals surface area (Å²) in [5, 5.41) is 8.87. The summed E-state index contributed by atoms with van der Waals surface area (Å²) in [6, 6.07) is 4.08. The standard InChI is InChI=1S/C16H20N2O6S/c1-10-5-11(2)8-17(7-10)25(22,23)12-3-4-13-14(6-12)24-16(21)18(13)9-15(19)20/h3-4,6,10-11H,5,7-9H2,1-2H3,(H,19,20)/t10-,11+. The number of piperidine rings is 1. The molecule has 25 heavy (non-hydrogen) atoms. The molecule has 0 radical (unpaired) electrons. The number of carbonyl (C=O) groups is 1. The number of rotatable bonds is 4. The highest BCUT2D eigenvalue weighted by molar-refractivity contribution is 7.89. The van der Waals surface area contributed by atoms with Crippen molar-refractivity contribution < 1.29 is 22.7 Å². The van der Waals surface area contributed by atoms with Crippen molar-refractivity contribution in [3.63, 3.8) is 0 Å². The van der Waals surface area contributed by atoms with Gasteiger partial charge in [0.2, 0.25) is 10.0 Å². The minimum Gasteiger partial charge on any atom is -0.480 e. The lowest BCUT2D eigenvalue weighted by Gasteiger charge is -2.34. The van der Waals surface area contributed by atoms with Crippen molar-refractivity contribution in [3.05, 3.63) is 28.7 Å². The third kappa shape index (κ3) is 3.34. The summed E-state index contributed by atoms with van der Waals surface area (Å²) in [5.41, 5.74) is 0.317. The molecule has 0 unspecified atom stereocenters. The Bertz CT molecular complexity index is 964. The Morgan fingerprint density at radius 1 is 1.28 bits per heavy atom. The SMILES string of the molecule is C[C@@H]1C[C@H](C)CN(S(=O)(=O)c2ccc3c(c2)oc(=O)n3CC(=O)O)C1. The minimum absolute atomic E-state index is 0.0394. The molecule has 136 valence electrons. The normalized spacial score (nSPS) is 22.3. The van der Waals surface area contributed by atoms with Crippen LogP contribution in [0.4, 0.5) is 0 Å². The van der Waals surface area contributed by atoms with Crippen LogP contribution in [0.25, 0.3) is 11.1 Å². The molecule has 3 rings (SSSR count). The fraction of sp³-hybridized carbons (Fsp3) is 0.500. The van der Waals surface area contributed by atoms with Crippen molar-refractivity contribution in [2.24, 2.45) is 11.8 Å². The number of hydrogen-bond donors (Lipinski definition) is 1. The van der Waals surface area contributed by atoms with E-state index in [-0.39, 0.29) is 27.8 Å². The number of benzene rings is 1. The Morgan fingerprint density at radius 2 is 1.92 bits per heavy atom. The summed E-state index contributed by atoms with van der Waals surface area (Å²) in [4.78, 5) is 22.7. The van der Waals surface area contributed by atoms with E-state index >= 15 is 0 Å². The second kappa shape index (κ2) is 6.30. The van der Waals surface area contributed by atoms with Gasteiger partial charge in [-0.1, -0.05) is 13.8 Å². The van der Waals surface area contributed by atoms with E-state index < -0.39 is 28.3 Å². The molecule has 2 aromatic rings. The van der Waals surface area contributed by atoms with E-state index in [4.69, 9.17) is 9.52 Å². The highest BCUT2D eigenvalue weighted by atomic mass is 32.2. The van der Waals surface area contributed by atoms with Crippen LogP contribution in [0.3, 0.4) is 0 Å². The van der Waals surface area contributed by atoms with E-state index in [0.717, 1.165) is 11.0 Å². The van der Waals surface area contributed by atoms with E-state index in [9.17, 15) is 18.0 Å². The molecule has 1 fully saturated rings. The summed E-state index contributed by atoms with van der Waals surface area (Å²) in [6.07, 6.45) is 0.984. The smallest absolute Gasteiger partial charge is 0.420 e. The lowest BCUT2D eigenvalue weighted by Crippen LogP contribution is -2.42. The van der Waals surface area contributed by atoms with E-state index in [2.05, 4.69) is 0 Å². The van der Waals surface area contributed by atoms with Crippen molar-refractivity contribution in [3.8, 4) is 0 Å². The van der Waals surface area contributed by atoms with Crippen molar-refractivity contribution in [1.29, 1.82) is 0 Å². The lowest BCUT2D eigenvalue weighted by atomic mass is 9.94. The first-order valence-corrected chi connectivity index (χ1v) is 9.48. The van der Waals surface area contributed by atoms with Crippen LogP contribution in [-0.2, 0) is 21.4 Å². The summed E-state index contributed by atoms with van der Waals surface area (Å²) in [7, 11) is -3.70. The van der Waals surface area contributed by atoms with Crippen LogP contribution in [0.1, 0.15) is 20.3 Å². The Kier molecular flexibility index (Phi) is 4.46. The molecule has 0 amide bonds. The fourth-order valence-corrected chi connectivity index (χ4v) is 5.14. The number of oxazole rings is 1. The Balaban J connectivity index is 2.01. The maximum Gasteiger partial charge on any atom is 0.420 e. The summed E-state index contributed by atoms with van der Waals surface area (Å²) in [6.45, 7) is 4.40. The van der Waals surface area contributed by atoms with Gasteiger partial charge in [-0.05, 0) is 30.4 Å². The predicted octanol–water partition coefficient (Wildman–Crippen LogP) is 1.35. The largest absolute Gasteiger partial charge is 0.480 e. The molecule has 8 nitrogen and oxygen atoms in total. The molecule has 0 aliphatic carbocycles. The molecule has 1 aliphatic heterocycles. The highest BCUT2D eigenvalue weighted by Crippen LogP contribution is 2.28. The molecule has 1 aromatic heterocycles. The van der Waals surface area contributed by atoms with Crippen molar-refractivity contribution in [1.82, 2.24) is 8.87 Å². The second-order valence-electron chi connectivity index (χ2n) is 6.75. The molecule has 9 heteroatoms. The molecule has 1 N–H and O–H groups in total. The predicted molar refractivity (Wildman–Crippen MR) is 89.8 cm³/mol. The Morgan fingerprint density at radius 3 is 2.52 bits per heavy atom. The third-order valence-corrected chi connectivity index (χ3v) is 6.23. The molecular weight excluding hydrogens is 348 g/mol. The zero-order valence-electron chi connectivity index (χ0n) is 14.0. The topological polar surface area (TPSA) is 110 Å². The first-order valence-electron chi connectivity index (χ1n) is 8.04. The number of fused-ring (bicyclic) bond motifs is 1. The fourth-order valence-electron chi connectivity index (χ4n) is 3.44. The quantitative estimate of drug-likeness (QED) is 0.872. The van der Waals surface area contributed by atoms with Gasteiger partial charge in [0.25, 0.3) is 0 Å². The zero-order valence-corrected chi connectivity index (χ0v) is 14.8. The number of carboxylic acids is 1. The van der Waals surface area contributed by atoms with Crippen LogP contribution in [0.2, 0.25) is 0 Å². The summed E-state index contributed by atoms with van der Waals surface area (Å²) >= 11 is 0. The second-order valence-corrected chi connectivity index (χ2v) is 8.68. The van der Waals surface area contributed by atoms with Crippen LogP contribution < -0.4 is 5.76 Å².